The number of phenolic OH excluding ortho intramolecular Hbond substituents is 2. The van der Waals surface area contributed by atoms with Gasteiger partial charge in [0.2, 0.25) is 11.8 Å². The second-order valence-corrected chi connectivity index (χ2v) is 22.8. The Hall–Kier alpha value is -4.57. The summed E-state index contributed by atoms with van der Waals surface area (Å²) in [7, 11) is 0. The first-order chi connectivity index (χ1) is 38.3. The highest BCUT2D eigenvalue weighted by Crippen LogP contribution is 2.39. The summed E-state index contributed by atoms with van der Waals surface area (Å²) in [6.45, 7) is 4.92. The van der Waals surface area contributed by atoms with Gasteiger partial charge in [0, 0.05) is 53.0 Å². The molecule has 434 valence electrons. The molecular formula is C61H85N3O14S. The van der Waals surface area contributed by atoms with E-state index in [1.807, 2.05) is 55.5 Å². The molecule has 8 rings (SSSR count). The Bertz CT molecular complexity index is 2430. The van der Waals surface area contributed by atoms with Crippen molar-refractivity contribution in [2.24, 2.45) is 11.1 Å². The standard InChI is InChI=1S/C61H85N3O14S/c1-39(13-10-15-45-36-46(78-61(77-45)52-21-7-9-24-55(52)68)16-11-14-42(65)35-47-31-32-71-59(75-47)50-19-4-3-5-22-53(50)66)33-48-37-44(18-12-17-43-34-40(2)72-60(76-43)51-20-6-8-23-54(51)67)73-58(74-48)38-63-56(69)29-30-57(70)64-41-25-27-49(79-62)28-26-41/h6-9,19-28,39-40,42-48,58-61,65-68H,3-5,10-18,29-38,62H2,1-2H3,(H,63,69)(H,64,70). The van der Waals surface area contributed by atoms with Crippen molar-refractivity contribution >= 4 is 29.4 Å². The van der Waals surface area contributed by atoms with Crippen LogP contribution in [0.5, 0.6) is 11.5 Å². The topological polar surface area (TPSA) is 239 Å². The second-order valence-electron chi connectivity index (χ2n) is 22.1. The molecule has 3 aromatic rings. The highest BCUT2D eigenvalue weighted by Gasteiger charge is 2.36. The van der Waals surface area contributed by atoms with Gasteiger partial charge in [0.1, 0.15) is 17.3 Å². The van der Waals surface area contributed by atoms with Crippen LogP contribution in [0.15, 0.2) is 101 Å². The summed E-state index contributed by atoms with van der Waals surface area (Å²) in [5.74, 6) is 0.252. The molecule has 4 aliphatic heterocycles. The average molecular weight is 1120 g/mol. The minimum atomic E-state index is -0.718. The van der Waals surface area contributed by atoms with E-state index in [9.17, 15) is 30.0 Å². The summed E-state index contributed by atoms with van der Waals surface area (Å²) in [5, 5.41) is 54.5. The molecule has 17 nitrogen and oxygen atoms in total. The van der Waals surface area contributed by atoms with Crippen molar-refractivity contribution in [3.8, 4) is 11.5 Å². The van der Waals surface area contributed by atoms with Gasteiger partial charge in [0.25, 0.3) is 0 Å². The van der Waals surface area contributed by atoms with Gasteiger partial charge < -0.3 is 69.0 Å². The zero-order chi connectivity index (χ0) is 55.5. The Labute approximate surface area is 470 Å². The molecule has 79 heavy (non-hydrogen) atoms. The smallest absolute Gasteiger partial charge is 0.224 e. The fraction of sp³-hybridized carbons (Fsp3) is 0.607. The van der Waals surface area contributed by atoms with E-state index in [0.29, 0.717) is 67.0 Å². The third kappa shape index (κ3) is 19.3. The number of nitrogens with one attached hydrogen (secondary N) is 2. The van der Waals surface area contributed by atoms with Gasteiger partial charge in [0.15, 0.2) is 25.2 Å². The molecule has 4 heterocycles. The summed E-state index contributed by atoms with van der Waals surface area (Å²) < 4.78 is 50.7. The van der Waals surface area contributed by atoms with Gasteiger partial charge in [-0.2, -0.15) is 0 Å². The monoisotopic (exact) mass is 1120 g/mol. The van der Waals surface area contributed by atoms with Crippen LogP contribution in [0.4, 0.5) is 5.69 Å². The number of hydrogen-bond acceptors (Lipinski definition) is 16. The lowest BCUT2D eigenvalue weighted by Gasteiger charge is -2.38. The van der Waals surface area contributed by atoms with Crippen molar-refractivity contribution in [2.45, 2.75) is 221 Å². The van der Waals surface area contributed by atoms with E-state index in [0.717, 1.165) is 100 Å². The Balaban J connectivity index is 0.815. The summed E-state index contributed by atoms with van der Waals surface area (Å²) in [5.41, 5.74) is 2.52. The van der Waals surface area contributed by atoms with Crippen LogP contribution in [-0.4, -0.2) is 107 Å². The van der Waals surface area contributed by atoms with Crippen LogP contribution in [-0.2, 0) is 47.5 Å². The normalized spacial score (nSPS) is 28.4. The first-order valence-corrected chi connectivity index (χ1v) is 29.8. The molecule has 8 N–H and O–H groups in total. The Kier molecular flexibility index (Phi) is 23.8. The molecule has 5 aliphatic rings. The summed E-state index contributed by atoms with van der Waals surface area (Å²) in [6, 6.07) is 21.4. The van der Waals surface area contributed by atoms with Crippen LogP contribution in [0.1, 0.15) is 166 Å². The minimum absolute atomic E-state index is 0.0105. The quantitative estimate of drug-likeness (QED) is 0.0370. The number of benzene rings is 3. The number of anilines is 1. The Morgan fingerprint density at radius 3 is 1.94 bits per heavy atom. The predicted molar refractivity (Wildman–Crippen MR) is 299 cm³/mol. The lowest BCUT2D eigenvalue weighted by atomic mass is 9.91. The molecule has 18 heteroatoms. The number of phenols is 2. The van der Waals surface area contributed by atoms with E-state index in [2.05, 4.69) is 17.6 Å². The lowest BCUT2D eigenvalue weighted by Crippen LogP contribution is -2.45. The number of para-hydroxylation sites is 2. The van der Waals surface area contributed by atoms with Crippen LogP contribution in [0.25, 0.3) is 0 Å². The molecule has 0 radical (unpaired) electrons. The second kappa shape index (κ2) is 31.0. The number of aliphatic hydroxyl groups excluding tert-OH is 2. The largest absolute Gasteiger partial charge is 0.508 e. The number of carbonyl (C=O) groups excluding carboxylic acids is 2. The molecule has 1 aliphatic carbocycles. The fourth-order valence-corrected chi connectivity index (χ4v) is 11.7. The first-order valence-electron chi connectivity index (χ1n) is 28.9. The SMILES string of the molecule is CC(CCCC1CC(CCCC(O)CC2CCOC(C3=CCCCC=C3O)O2)OC(c2ccccc2O)O1)CC1CC(CCCC2CC(C)OC(c3ccccc3O)O2)OC(CNC(=O)CCC(=O)Nc2ccc(SN)cc2)O1. The molecule has 2 amide bonds. The van der Waals surface area contributed by atoms with Crippen LogP contribution < -0.4 is 15.8 Å². The van der Waals surface area contributed by atoms with Crippen LogP contribution >= 0.6 is 11.9 Å². The third-order valence-corrected chi connectivity index (χ3v) is 16.1. The predicted octanol–water partition coefficient (Wildman–Crippen LogP) is 11.1. The molecule has 0 spiro atoms. The van der Waals surface area contributed by atoms with Crippen molar-refractivity contribution in [1.82, 2.24) is 5.32 Å². The first kappa shape index (κ1) is 60.5. The molecule has 3 aromatic carbocycles. The number of ether oxygens (including phenoxy) is 8. The Morgan fingerprint density at radius 2 is 1.24 bits per heavy atom. The third-order valence-electron chi connectivity index (χ3n) is 15.6. The van der Waals surface area contributed by atoms with Gasteiger partial charge in [-0.25, -0.2) is 0 Å². The molecule has 13 unspecified atom stereocenters. The number of nitrogens with two attached hydrogens (primary N) is 1. The van der Waals surface area contributed by atoms with Gasteiger partial charge in [0.05, 0.1) is 62.0 Å². The van der Waals surface area contributed by atoms with E-state index in [1.54, 1.807) is 36.4 Å². The van der Waals surface area contributed by atoms with Gasteiger partial charge >= 0.3 is 0 Å². The number of aromatic hydroxyl groups is 2. The van der Waals surface area contributed by atoms with Crippen LogP contribution in [0, 0.1) is 5.92 Å². The molecule has 4 fully saturated rings. The number of hydrogen-bond donors (Lipinski definition) is 7. The number of aliphatic hydroxyl groups is 2. The summed E-state index contributed by atoms with van der Waals surface area (Å²) >= 11 is 1.12. The van der Waals surface area contributed by atoms with E-state index in [4.69, 9.17) is 43.0 Å². The van der Waals surface area contributed by atoms with Crippen molar-refractivity contribution in [2.75, 3.05) is 18.5 Å². The summed E-state index contributed by atoms with van der Waals surface area (Å²) in [4.78, 5) is 26.6. The van der Waals surface area contributed by atoms with Gasteiger partial charge in [-0.3, -0.25) is 14.7 Å². The molecule has 4 saturated heterocycles. The van der Waals surface area contributed by atoms with E-state index >= 15 is 0 Å². The van der Waals surface area contributed by atoms with E-state index in [-0.39, 0.29) is 91.2 Å². The van der Waals surface area contributed by atoms with Crippen molar-refractivity contribution in [3.63, 3.8) is 0 Å². The van der Waals surface area contributed by atoms with Crippen molar-refractivity contribution < 1.29 is 67.9 Å². The number of rotatable bonds is 26. The molecule has 0 aromatic heterocycles. The maximum atomic E-state index is 13.1. The lowest BCUT2D eigenvalue weighted by molar-refractivity contribution is -0.251. The van der Waals surface area contributed by atoms with Gasteiger partial charge in [-0.15, -0.1) is 0 Å². The molecule has 13 atom stereocenters. The molecule has 0 bridgehead atoms. The Morgan fingerprint density at radius 1 is 0.658 bits per heavy atom. The zero-order valence-electron chi connectivity index (χ0n) is 46.0. The zero-order valence-corrected chi connectivity index (χ0v) is 46.8. The minimum Gasteiger partial charge on any atom is -0.508 e. The van der Waals surface area contributed by atoms with Crippen molar-refractivity contribution in [1.29, 1.82) is 0 Å². The van der Waals surface area contributed by atoms with E-state index < -0.39 is 31.3 Å². The van der Waals surface area contributed by atoms with E-state index in [1.165, 1.54) is 0 Å². The number of amides is 2. The van der Waals surface area contributed by atoms with Gasteiger partial charge in [-0.05, 0) is 157 Å². The maximum Gasteiger partial charge on any atom is 0.224 e. The maximum absolute atomic E-state index is 13.1. The van der Waals surface area contributed by atoms with Crippen LogP contribution in [0.2, 0.25) is 0 Å². The number of carbonyl (C=O) groups is 2. The average Bonchev–Trinajstić information content (AvgIpc) is 3.68. The molecular weight excluding hydrogens is 1030 g/mol. The van der Waals surface area contributed by atoms with Crippen molar-refractivity contribution in [3.05, 3.63) is 107 Å². The number of allylic oxidation sites excluding steroid dienone is 2. The summed E-state index contributed by atoms with van der Waals surface area (Å²) in [6.07, 6.45) is 13.7. The highest BCUT2D eigenvalue weighted by atomic mass is 32.2. The highest BCUT2D eigenvalue weighted by molar-refractivity contribution is 7.97. The fourth-order valence-electron chi connectivity index (χ4n) is 11.4. The molecule has 0 saturated carbocycles. The van der Waals surface area contributed by atoms with Gasteiger partial charge in [-0.1, -0.05) is 62.2 Å². The van der Waals surface area contributed by atoms with Crippen LogP contribution in [0.3, 0.4) is 0 Å².